The van der Waals surface area contributed by atoms with E-state index in [0.29, 0.717) is 17.1 Å². The minimum Gasteiger partial charge on any atom is -0.497 e. The van der Waals surface area contributed by atoms with Crippen molar-refractivity contribution in [2.24, 2.45) is 0 Å². The van der Waals surface area contributed by atoms with Gasteiger partial charge in [-0.15, -0.1) is 0 Å². The highest BCUT2D eigenvalue weighted by molar-refractivity contribution is 6.01. The summed E-state index contributed by atoms with van der Waals surface area (Å²) in [6.45, 7) is 3.28. The lowest BCUT2D eigenvalue weighted by Gasteiger charge is -2.12. The van der Waals surface area contributed by atoms with E-state index < -0.39 is 17.6 Å². The molecule has 2 N–H and O–H groups in total. The van der Waals surface area contributed by atoms with Crippen molar-refractivity contribution in [1.29, 1.82) is 0 Å². The first-order chi connectivity index (χ1) is 11.5. The lowest BCUT2D eigenvalue weighted by atomic mass is 10.0. The molecule has 6 heteroatoms. The van der Waals surface area contributed by atoms with Crippen LogP contribution >= 0.6 is 0 Å². The number of carboxylic acid groups (broad SMARTS) is 1. The summed E-state index contributed by atoms with van der Waals surface area (Å²) < 4.78 is 10.6. The maximum Gasteiger partial charge on any atom is 0.351 e. The van der Waals surface area contributed by atoms with Crippen molar-refractivity contribution in [3.05, 3.63) is 60.3 Å². The van der Waals surface area contributed by atoms with Gasteiger partial charge in [0.05, 0.1) is 14.2 Å². The minimum absolute atomic E-state index is 0.288. The topological polar surface area (TPSA) is 84.9 Å². The van der Waals surface area contributed by atoms with Gasteiger partial charge >= 0.3 is 5.97 Å². The maximum absolute atomic E-state index is 12.2. The Labute approximate surface area is 139 Å². The van der Waals surface area contributed by atoms with Crippen LogP contribution < -0.4 is 14.8 Å². The summed E-state index contributed by atoms with van der Waals surface area (Å²) in [6.07, 6.45) is 0. The van der Waals surface area contributed by atoms with Crippen molar-refractivity contribution in [2.75, 3.05) is 14.2 Å². The van der Waals surface area contributed by atoms with Crippen LogP contribution in [-0.4, -0.2) is 31.2 Å². The highest BCUT2D eigenvalue weighted by atomic mass is 16.5. The standard InChI is InChI=1S/C18H17NO5/c1-11(18(21)22)19-17(20)13-7-8-16(24-3)15(10-13)12-5-4-6-14(9-12)23-2/h4-10H,1H2,2-3H3,(H,19,20)(H,21,22). The molecule has 6 nitrogen and oxygen atoms in total. The van der Waals surface area contributed by atoms with E-state index in [2.05, 4.69) is 11.9 Å². The van der Waals surface area contributed by atoms with Crippen molar-refractivity contribution in [2.45, 2.75) is 0 Å². The van der Waals surface area contributed by atoms with Gasteiger partial charge in [-0.2, -0.15) is 0 Å². The molecule has 0 aliphatic heterocycles. The third kappa shape index (κ3) is 3.73. The first kappa shape index (κ1) is 17.1. The Morgan fingerprint density at radius 1 is 1.08 bits per heavy atom. The van der Waals surface area contributed by atoms with Crippen LogP contribution in [0.25, 0.3) is 11.1 Å². The van der Waals surface area contributed by atoms with Gasteiger partial charge in [-0.3, -0.25) is 4.79 Å². The normalized spacial score (nSPS) is 9.92. The van der Waals surface area contributed by atoms with Crippen LogP contribution in [0.2, 0.25) is 0 Å². The molecule has 0 unspecified atom stereocenters. The molecule has 2 aromatic carbocycles. The van der Waals surface area contributed by atoms with Crippen LogP contribution in [0.4, 0.5) is 0 Å². The molecule has 24 heavy (non-hydrogen) atoms. The number of aliphatic carboxylic acids is 1. The third-order valence-corrected chi connectivity index (χ3v) is 3.36. The summed E-state index contributed by atoms with van der Waals surface area (Å²) >= 11 is 0. The number of methoxy groups -OCH3 is 2. The van der Waals surface area contributed by atoms with Crippen molar-refractivity contribution < 1.29 is 24.2 Å². The highest BCUT2D eigenvalue weighted by Gasteiger charge is 2.14. The Morgan fingerprint density at radius 2 is 1.83 bits per heavy atom. The molecule has 0 aliphatic carbocycles. The van der Waals surface area contributed by atoms with Crippen LogP contribution in [0, 0.1) is 0 Å². The van der Waals surface area contributed by atoms with E-state index in [-0.39, 0.29) is 5.56 Å². The number of benzene rings is 2. The van der Waals surface area contributed by atoms with Crippen molar-refractivity contribution >= 4 is 11.9 Å². The second-order valence-electron chi connectivity index (χ2n) is 4.88. The number of carbonyl (C=O) groups excluding carboxylic acids is 1. The average Bonchev–Trinajstić information content (AvgIpc) is 2.60. The predicted molar refractivity (Wildman–Crippen MR) is 89.2 cm³/mol. The van der Waals surface area contributed by atoms with Crippen molar-refractivity contribution in [3.63, 3.8) is 0 Å². The van der Waals surface area contributed by atoms with Gasteiger partial charge in [0.15, 0.2) is 0 Å². The van der Waals surface area contributed by atoms with E-state index in [0.717, 1.165) is 5.56 Å². The van der Waals surface area contributed by atoms with Crippen LogP contribution in [0.3, 0.4) is 0 Å². The van der Waals surface area contributed by atoms with Crippen molar-refractivity contribution in [1.82, 2.24) is 5.32 Å². The molecule has 2 rings (SSSR count). The lowest BCUT2D eigenvalue weighted by molar-refractivity contribution is -0.132. The van der Waals surface area contributed by atoms with Crippen LogP contribution in [0.1, 0.15) is 10.4 Å². The highest BCUT2D eigenvalue weighted by Crippen LogP contribution is 2.32. The Kier molecular flexibility index (Phi) is 5.21. The van der Waals surface area contributed by atoms with Gasteiger partial charge in [0.1, 0.15) is 17.2 Å². The van der Waals surface area contributed by atoms with E-state index in [1.54, 1.807) is 25.3 Å². The zero-order valence-corrected chi connectivity index (χ0v) is 13.3. The van der Waals surface area contributed by atoms with Gasteiger partial charge in [-0.05, 0) is 35.9 Å². The first-order valence-corrected chi connectivity index (χ1v) is 7.02. The zero-order chi connectivity index (χ0) is 17.7. The number of ether oxygens (including phenoxy) is 2. The molecule has 0 atom stereocenters. The van der Waals surface area contributed by atoms with Gasteiger partial charge in [0, 0.05) is 11.1 Å². The third-order valence-electron chi connectivity index (χ3n) is 3.36. The SMILES string of the molecule is C=C(NC(=O)c1ccc(OC)c(-c2cccc(OC)c2)c1)C(=O)O. The molecule has 124 valence electrons. The quantitative estimate of drug-likeness (QED) is 0.797. The molecular formula is C18H17NO5. The second-order valence-corrected chi connectivity index (χ2v) is 4.88. The number of rotatable bonds is 6. The van der Waals surface area contributed by atoms with E-state index in [1.165, 1.54) is 7.11 Å². The van der Waals surface area contributed by atoms with Gasteiger partial charge in [0.2, 0.25) is 0 Å². The smallest absolute Gasteiger partial charge is 0.351 e. The number of carboxylic acids is 1. The summed E-state index contributed by atoms with van der Waals surface area (Å²) in [5.41, 5.74) is 1.39. The molecule has 0 saturated heterocycles. The van der Waals surface area contributed by atoms with Crippen LogP contribution in [0.15, 0.2) is 54.7 Å². The fourth-order valence-corrected chi connectivity index (χ4v) is 2.13. The van der Waals surface area contributed by atoms with Crippen LogP contribution in [0.5, 0.6) is 11.5 Å². The number of hydrogen-bond acceptors (Lipinski definition) is 4. The number of hydrogen-bond donors (Lipinski definition) is 2. The monoisotopic (exact) mass is 327 g/mol. The summed E-state index contributed by atoms with van der Waals surface area (Å²) in [5.74, 6) is -0.598. The molecule has 2 aromatic rings. The van der Waals surface area contributed by atoms with Gasteiger partial charge in [-0.1, -0.05) is 18.7 Å². The van der Waals surface area contributed by atoms with E-state index in [9.17, 15) is 9.59 Å². The number of nitrogens with one attached hydrogen (secondary N) is 1. The molecule has 0 aliphatic rings. The molecule has 1 amide bonds. The summed E-state index contributed by atoms with van der Waals surface area (Å²) in [5, 5.41) is 11.0. The lowest BCUT2D eigenvalue weighted by Crippen LogP contribution is -2.26. The van der Waals surface area contributed by atoms with Gasteiger partial charge in [-0.25, -0.2) is 4.79 Å². The van der Waals surface area contributed by atoms with E-state index in [1.807, 2.05) is 24.3 Å². The molecule has 0 spiro atoms. The van der Waals surface area contributed by atoms with Crippen molar-refractivity contribution in [3.8, 4) is 22.6 Å². The molecule has 0 heterocycles. The largest absolute Gasteiger partial charge is 0.497 e. The van der Waals surface area contributed by atoms with Gasteiger partial charge < -0.3 is 19.9 Å². The van der Waals surface area contributed by atoms with E-state index >= 15 is 0 Å². The minimum atomic E-state index is -1.29. The van der Waals surface area contributed by atoms with Gasteiger partial charge in [0.25, 0.3) is 5.91 Å². The number of amides is 1. The molecule has 0 aromatic heterocycles. The number of carbonyl (C=O) groups is 2. The molecule has 0 radical (unpaired) electrons. The average molecular weight is 327 g/mol. The molecule has 0 fully saturated rings. The Bertz CT molecular complexity index is 798. The Morgan fingerprint density at radius 3 is 2.46 bits per heavy atom. The maximum atomic E-state index is 12.2. The Hall–Kier alpha value is -3.28. The Balaban J connectivity index is 2.42. The fourth-order valence-electron chi connectivity index (χ4n) is 2.13. The van der Waals surface area contributed by atoms with E-state index in [4.69, 9.17) is 14.6 Å². The predicted octanol–water partition coefficient (Wildman–Crippen LogP) is 2.70. The molecule has 0 bridgehead atoms. The summed E-state index contributed by atoms with van der Waals surface area (Å²) in [7, 11) is 3.10. The molecule has 0 saturated carbocycles. The van der Waals surface area contributed by atoms with Crippen LogP contribution in [-0.2, 0) is 4.79 Å². The zero-order valence-electron chi connectivity index (χ0n) is 13.3. The summed E-state index contributed by atoms with van der Waals surface area (Å²) in [4.78, 5) is 22.9. The summed E-state index contributed by atoms with van der Waals surface area (Å²) in [6, 6.07) is 12.1. The molecular weight excluding hydrogens is 310 g/mol. The fraction of sp³-hybridized carbons (Fsp3) is 0.111. The first-order valence-electron chi connectivity index (χ1n) is 7.02. The second kappa shape index (κ2) is 7.32.